The lowest BCUT2D eigenvalue weighted by Gasteiger charge is -2.28. The molecule has 1 heteroatoms. The van der Waals surface area contributed by atoms with Crippen LogP contribution in [0.3, 0.4) is 0 Å². The van der Waals surface area contributed by atoms with Gasteiger partial charge in [-0.25, -0.2) is 0 Å². The van der Waals surface area contributed by atoms with Crippen molar-refractivity contribution in [1.29, 1.82) is 0 Å². The van der Waals surface area contributed by atoms with Gasteiger partial charge in [-0.3, -0.25) is 0 Å². The van der Waals surface area contributed by atoms with Crippen molar-refractivity contribution in [3.63, 3.8) is 0 Å². The van der Waals surface area contributed by atoms with Gasteiger partial charge in [0.2, 0.25) is 0 Å². The fourth-order valence-corrected chi connectivity index (χ4v) is 9.40. The topological polar surface area (TPSA) is 0 Å². The SMILES string of the molecule is CCCCCCCCC=Cc1ccccc1C[P+](c1ccccc1)(c1ccccc1)c1ccccc1. The highest BCUT2D eigenvalue weighted by Crippen LogP contribution is 2.58. The summed E-state index contributed by atoms with van der Waals surface area (Å²) in [4.78, 5) is 0. The smallest absolute Gasteiger partial charge is 0.0839 e. The molecule has 0 atom stereocenters. The second-order valence-electron chi connectivity index (χ2n) is 9.63. The standard InChI is InChI=1S/C35H40P/c1-2-3-4-5-6-7-8-12-21-31-22-19-20-23-32(31)30-36(33-24-13-9-14-25-33,34-26-15-10-16-27-34)35-28-17-11-18-29-35/h9-29H,2-8,30H2,1H3/q+1. The van der Waals surface area contributed by atoms with Crippen molar-refractivity contribution in [2.75, 3.05) is 0 Å². The van der Waals surface area contributed by atoms with Crippen LogP contribution in [0.2, 0.25) is 0 Å². The largest absolute Gasteiger partial charge is 0.116 e. The molecule has 4 aromatic carbocycles. The molecule has 184 valence electrons. The van der Waals surface area contributed by atoms with E-state index in [9.17, 15) is 0 Å². The van der Waals surface area contributed by atoms with E-state index in [4.69, 9.17) is 0 Å². The normalized spacial score (nSPS) is 11.7. The van der Waals surface area contributed by atoms with E-state index in [0.717, 1.165) is 12.6 Å². The molecule has 36 heavy (non-hydrogen) atoms. The molecule has 0 bridgehead atoms. The van der Waals surface area contributed by atoms with Crippen molar-refractivity contribution in [3.05, 3.63) is 132 Å². The summed E-state index contributed by atoms with van der Waals surface area (Å²) in [6, 6.07) is 42.6. The number of allylic oxidation sites excluding steroid dienone is 1. The molecular weight excluding hydrogens is 451 g/mol. The van der Waals surface area contributed by atoms with Gasteiger partial charge in [0.05, 0.1) is 6.16 Å². The Hall–Kier alpha value is -2.95. The Morgan fingerprint density at radius 3 is 1.56 bits per heavy atom. The molecule has 0 aliphatic carbocycles. The van der Waals surface area contributed by atoms with Crippen molar-refractivity contribution >= 4 is 29.3 Å². The Morgan fingerprint density at radius 1 is 0.528 bits per heavy atom. The van der Waals surface area contributed by atoms with E-state index in [1.54, 1.807) is 0 Å². The first-order chi connectivity index (χ1) is 17.8. The van der Waals surface area contributed by atoms with E-state index in [1.807, 2.05) is 0 Å². The molecule has 0 aliphatic heterocycles. The minimum Gasteiger partial charge on any atom is -0.0839 e. The van der Waals surface area contributed by atoms with Crippen LogP contribution in [-0.2, 0) is 6.16 Å². The van der Waals surface area contributed by atoms with Crippen LogP contribution in [0.1, 0.15) is 63.0 Å². The number of unbranched alkanes of at least 4 members (excludes halogenated alkanes) is 6. The minimum atomic E-state index is -1.90. The second-order valence-corrected chi connectivity index (χ2v) is 13.1. The summed E-state index contributed by atoms with van der Waals surface area (Å²) in [7, 11) is -1.90. The third kappa shape index (κ3) is 6.63. The van der Waals surface area contributed by atoms with Gasteiger partial charge in [-0.1, -0.05) is 130 Å². The van der Waals surface area contributed by atoms with E-state index in [-0.39, 0.29) is 0 Å². The van der Waals surface area contributed by atoms with E-state index in [0.29, 0.717) is 0 Å². The fourth-order valence-electron chi connectivity index (χ4n) is 5.12. The molecule has 4 rings (SSSR count). The molecule has 0 saturated carbocycles. The van der Waals surface area contributed by atoms with Crippen LogP contribution in [0.15, 0.2) is 121 Å². The first kappa shape index (κ1) is 26.1. The van der Waals surface area contributed by atoms with Gasteiger partial charge in [0.1, 0.15) is 23.2 Å². The van der Waals surface area contributed by atoms with Gasteiger partial charge in [0.15, 0.2) is 0 Å². The summed E-state index contributed by atoms with van der Waals surface area (Å²) in [5.41, 5.74) is 2.79. The van der Waals surface area contributed by atoms with Gasteiger partial charge in [0.25, 0.3) is 0 Å². The average molecular weight is 492 g/mol. The molecule has 0 aliphatic rings. The Balaban J connectivity index is 1.68. The molecule has 0 aromatic heterocycles. The molecule has 0 saturated heterocycles. The van der Waals surface area contributed by atoms with Gasteiger partial charge in [-0.2, -0.15) is 0 Å². The molecule has 0 fully saturated rings. The van der Waals surface area contributed by atoms with Gasteiger partial charge in [-0.15, -0.1) is 0 Å². The molecular formula is C35H40P+. The Bertz CT molecular complexity index is 1080. The van der Waals surface area contributed by atoms with Crippen molar-refractivity contribution in [3.8, 4) is 0 Å². The highest BCUT2D eigenvalue weighted by Gasteiger charge is 2.45. The van der Waals surface area contributed by atoms with Crippen LogP contribution in [0, 0.1) is 0 Å². The van der Waals surface area contributed by atoms with E-state index in [1.165, 1.54) is 65.6 Å². The van der Waals surface area contributed by atoms with Gasteiger partial charge in [-0.05, 0) is 60.4 Å². The second kappa shape index (κ2) is 14.0. The zero-order chi connectivity index (χ0) is 24.9. The third-order valence-corrected chi connectivity index (χ3v) is 11.4. The fraction of sp³-hybridized carbons (Fsp3) is 0.257. The van der Waals surface area contributed by atoms with Gasteiger partial charge in [0, 0.05) is 0 Å². The van der Waals surface area contributed by atoms with Crippen molar-refractivity contribution in [2.24, 2.45) is 0 Å². The highest BCUT2D eigenvalue weighted by molar-refractivity contribution is 7.95. The zero-order valence-corrected chi connectivity index (χ0v) is 22.6. The molecule has 0 spiro atoms. The molecule has 4 aromatic rings. The van der Waals surface area contributed by atoms with E-state index >= 15 is 0 Å². The summed E-state index contributed by atoms with van der Waals surface area (Å²) in [6.07, 6.45) is 15.0. The third-order valence-electron chi connectivity index (χ3n) is 7.08. The Morgan fingerprint density at radius 2 is 1.00 bits per heavy atom. The lowest BCUT2D eigenvalue weighted by atomic mass is 10.1. The number of rotatable bonds is 13. The van der Waals surface area contributed by atoms with E-state index in [2.05, 4.69) is 134 Å². The van der Waals surface area contributed by atoms with Crippen LogP contribution < -0.4 is 15.9 Å². The maximum Gasteiger partial charge on any atom is 0.116 e. The first-order valence-corrected chi connectivity index (χ1v) is 15.6. The number of hydrogen-bond acceptors (Lipinski definition) is 0. The van der Waals surface area contributed by atoms with Crippen molar-refractivity contribution in [2.45, 2.75) is 58.0 Å². The van der Waals surface area contributed by atoms with Crippen molar-refractivity contribution < 1.29 is 0 Å². The van der Waals surface area contributed by atoms with Crippen LogP contribution in [0.5, 0.6) is 0 Å². The maximum absolute atomic E-state index is 2.40. The summed E-state index contributed by atoms with van der Waals surface area (Å²) in [5.74, 6) is 0. The minimum absolute atomic E-state index is 1.02. The van der Waals surface area contributed by atoms with Crippen molar-refractivity contribution in [1.82, 2.24) is 0 Å². The summed E-state index contributed by atoms with van der Waals surface area (Å²) < 4.78 is 0. The zero-order valence-electron chi connectivity index (χ0n) is 21.7. The quantitative estimate of drug-likeness (QED) is 0.129. The van der Waals surface area contributed by atoms with E-state index < -0.39 is 7.26 Å². The summed E-state index contributed by atoms with van der Waals surface area (Å²) >= 11 is 0. The number of hydrogen-bond donors (Lipinski definition) is 0. The highest BCUT2D eigenvalue weighted by atomic mass is 31.2. The molecule has 0 unspecified atom stereocenters. The van der Waals surface area contributed by atoms with Crippen LogP contribution in [0.25, 0.3) is 6.08 Å². The van der Waals surface area contributed by atoms with Gasteiger partial charge < -0.3 is 0 Å². The lowest BCUT2D eigenvalue weighted by Crippen LogP contribution is -2.32. The first-order valence-electron chi connectivity index (χ1n) is 13.6. The number of benzene rings is 4. The monoisotopic (exact) mass is 491 g/mol. The lowest BCUT2D eigenvalue weighted by molar-refractivity contribution is 0.611. The summed E-state index contributed by atoms with van der Waals surface area (Å²) in [6.45, 7) is 2.28. The van der Waals surface area contributed by atoms with Crippen LogP contribution in [0.4, 0.5) is 0 Å². The average Bonchev–Trinajstić information content (AvgIpc) is 2.95. The molecule has 0 radical (unpaired) electrons. The predicted octanol–water partition coefficient (Wildman–Crippen LogP) is 8.94. The maximum atomic E-state index is 2.40. The molecule has 0 N–H and O–H groups in total. The molecule has 0 heterocycles. The summed E-state index contributed by atoms with van der Waals surface area (Å²) in [5, 5.41) is 4.31. The van der Waals surface area contributed by atoms with Gasteiger partial charge >= 0.3 is 0 Å². The Labute approximate surface area is 219 Å². The van der Waals surface area contributed by atoms with Crippen LogP contribution >= 0.6 is 7.26 Å². The molecule has 0 nitrogen and oxygen atoms in total. The molecule has 0 amide bonds. The van der Waals surface area contributed by atoms with Crippen LogP contribution in [-0.4, -0.2) is 0 Å². The Kier molecular flexibility index (Phi) is 10.1. The predicted molar refractivity (Wildman–Crippen MR) is 162 cm³/mol.